The minimum Gasteiger partial charge on any atom is -0.316 e. The molecule has 1 atom stereocenters. The molecule has 2 aromatic rings. The average molecular weight is 275 g/mol. The minimum atomic E-state index is 0.429. The highest BCUT2D eigenvalue weighted by Crippen LogP contribution is 2.24. The van der Waals surface area contributed by atoms with E-state index in [-0.39, 0.29) is 0 Å². The van der Waals surface area contributed by atoms with E-state index < -0.39 is 0 Å². The molecule has 1 unspecified atom stereocenters. The van der Waals surface area contributed by atoms with E-state index in [1.54, 1.807) is 0 Å². The maximum atomic E-state index is 4.52. The Kier molecular flexibility index (Phi) is 5.07. The number of thiophene rings is 1. The lowest BCUT2D eigenvalue weighted by molar-refractivity contribution is 0.253. The Morgan fingerprint density at radius 1 is 1.37 bits per heavy atom. The van der Waals surface area contributed by atoms with Crippen molar-refractivity contribution in [2.75, 3.05) is 14.1 Å². The van der Waals surface area contributed by atoms with Crippen LogP contribution in [0.2, 0.25) is 0 Å². The number of pyridine rings is 1. The van der Waals surface area contributed by atoms with Crippen LogP contribution in [0.5, 0.6) is 0 Å². The molecular weight excluding hydrogens is 254 g/mol. The highest BCUT2D eigenvalue weighted by molar-refractivity contribution is 7.10. The molecule has 19 heavy (non-hydrogen) atoms. The van der Waals surface area contributed by atoms with Crippen molar-refractivity contribution in [3.8, 4) is 0 Å². The van der Waals surface area contributed by atoms with Crippen LogP contribution in [0.1, 0.15) is 29.1 Å². The molecule has 0 aliphatic heterocycles. The fraction of sp³-hybridized carbons (Fsp3) is 0.400. The summed E-state index contributed by atoms with van der Waals surface area (Å²) in [6.45, 7) is 3.98. The van der Waals surface area contributed by atoms with Crippen molar-refractivity contribution in [3.05, 3.63) is 52.0 Å². The third kappa shape index (κ3) is 3.86. The number of nitrogens with zero attached hydrogens (tertiary/aromatic N) is 2. The first-order valence-electron chi connectivity index (χ1n) is 6.52. The zero-order chi connectivity index (χ0) is 13.7. The summed E-state index contributed by atoms with van der Waals surface area (Å²) < 4.78 is 0. The van der Waals surface area contributed by atoms with E-state index in [0.29, 0.717) is 6.04 Å². The maximum Gasteiger partial charge on any atom is 0.0544 e. The maximum absolute atomic E-state index is 4.52. The Morgan fingerprint density at radius 3 is 2.79 bits per heavy atom. The fourth-order valence-electron chi connectivity index (χ4n) is 2.00. The van der Waals surface area contributed by atoms with Gasteiger partial charge in [-0.2, -0.15) is 0 Å². The van der Waals surface area contributed by atoms with Crippen LogP contribution in [-0.4, -0.2) is 24.0 Å². The van der Waals surface area contributed by atoms with Crippen LogP contribution < -0.4 is 5.32 Å². The predicted molar refractivity (Wildman–Crippen MR) is 81.2 cm³/mol. The largest absolute Gasteiger partial charge is 0.316 e. The quantitative estimate of drug-likeness (QED) is 0.878. The molecule has 0 amide bonds. The van der Waals surface area contributed by atoms with Crippen LogP contribution in [-0.2, 0) is 13.1 Å². The van der Waals surface area contributed by atoms with Crippen molar-refractivity contribution >= 4 is 11.3 Å². The lowest BCUT2D eigenvalue weighted by atomic mass is 10.2. The van der Waals surface area contributed by atoms with Crippen LogP contribution >= 0.6 is 11.3 Å². The Bertz CT molecular complexity index is 479. The van der Waals surface area contributed by atoms with Crippen LogP contribution in [0.15, 0.2) is 35.8 Å². The molecule has 4 heteroatoms. The molecule has 0 saturated carbocycles. The number of hydrogen-bond acceptors (Lipinski definition) is 4. The summed E-state index contributed by atoms with van der Waals surface area (Å²) in [6, 6.07) is 8.98. The highest BCUT2D eigenvalue weighted by atomic mass is 32.1. The third-order valence-corrected chi connectivity index (χ3v) is 4.34. The van der Waals surface area contributed by atoms with Gasteiger partial charge in [-0.3, -0.25) is 9.88 Å². The summed E-state index contributed by atoms with van der Waals surface area (Å²) in [5.41, 5.74) is 2.34. The summed E-state index contributed by atoms with van der Waals surface area (Å²) in [5, 5.41) is 5.26. The molecule has 0 fully saturated rings. The normalized spacial score (nSPS) is 12.8. The van der Waals surface area contributed by atoms with Crippen LogP contribution in [0.3, 0.4) is 0 Å². The van der Waals surface area contributed by atoms with Crippen molar-refractivity contribution in [2.24, 2.45) is 0 Å². The molecule has 0 aromatic carbocycles. The number of nitrogens with one attached hydrogen (secondary N) is 1. The van der Waals surface area contributed by atoms with Crippen molar-refractivity contribution in [1.82, 2.24) is 15.2 Å². The molecule has 0 aliphatic rings. The summed E-state index contributed by atoms with van der Waals surface area (Å²) in [5.74, 6) is 0. The van der Waals surface area contributed by atoms with Gasteiger partial charge in [-0.15, -0.1) is 11.3 Å². The SMILES string of the molecule is CNCc1ccc(CN(C)C(C)c2cccs2)nc1. The van der Waals surface area contributed by atoms with Crippen LogP contribution in [0, 0.1) is 0 Å². The topological polar surface area (TPSA) is 28.2 Å². The molecule has 1 N–H and O–H groups in total. The first-order valence-corrected chi connectivity index (χ1v) is 7.40. The van der Waals surface area contributed by atoms with Gasteiger partial charge in [0.25, 0.3) is 0 Å². The standard InChI is InChI=1S/C15H21N3S/c1-12(15-5-4-8-19-15)18(3)11-14-7-6-13(9-16-2)10-17-14/h4-8,10,12,16H,9,11H2,1-3H3. The summed E-state index contributed by atoms with van der Waals surface area (Å²) >= 11 is 1.81. The molecule has 0 saturated heterocycles. The van der Waals surface area contributed by atoms with Gasteiger partial charge in [-0.25, -0.2) is 0 Å². The van der Waals surface area contributed by atoms with Crippen molar-refractivity contribution in [3.63, 3.8) is 0 Å². The summed E-state index contributed by atoms with van der Waals surface area (Å²) in [7, 11) is 4.10. The number of hydrogen-bond donors (Lipinski definition) is 1. The van der Waals surface area contributed by atoms with Gasteiger partial charge in [-0.1, -0.05) is 12.1 Å². The summed E-state index contributed by atoms with van der Waals surface area (Å²) in [4.78, 5) is 8.25. The number of aromatic nitrogens is 1. The molecule has 102 valence electrons. The number of rotatable bonds is 6. The van der Waals surface area contributed by atoms with E-state index in [0.717, 1.165) is 18.8 Å². The molecule has 2 rings (SSSR count). The predicted octanol–water partition coefficient (Wildman–Crippen LogP) is 3.06. The van der Waals surface area contributed by atoms with Crippen molar-refractivity contribution in [2.45, 2.75) is 26.1 Å². The van der Waals surface area contributed by atoms with Gasteiger partial charge in [0, 0.05) is 30.2 Å². The van der Waals surface area contributed by atoms with Gasteiger partial charge in [0.1, 0.15) is 0 Å². The van der Waals surface area contributed by atoms with Gasteiger partial charge < -0.3 is 5.32 Å². The Labute approximate surface area is 119 Å². The van der Waals surface area contributed by atoms with Crippen molar-refractivity contribution in [1.29, 1.82) is 0 Å². The Morgan fingerprint density at radius 2 is 2.21 bits per heavy atom. The molecule has 0 radical (unpaired) electrons. The molecule has 2 aromatic heterocycles. The zero-order valence-electron chi connectivity index (χ0n) is 11.8. The van der Waals surface area contributed by atoms with Gasteiger partial charge in [0.05, 0.1) is 5.69 Å². The van der Waals surface area contributed by atoms with Gasteiger partial charge in [0.2, 0.25) is 0 Å². The average Bonchev–Trinajstić information content (AvgIpc) is 2.94. The van der Waals surface area contributed by atoms with Crippen LogP contribution in [0.25, 0.3) is 0 Å². The van der Waals surface area contributed by atoms with Gasteiger partial charge >= 0.3 is 0 Å². The van der Waals surface area contributed by atoms with Gasteiger partial charge in [0.15, 0.2) is 0 Å². The van der Waals surface area contributed by atoms with Gasteiger partial charge in [-0.05, 0) is 44.1 Å². The monoisotopic (exact) mass is 275 g/mol. The van der Waals surface area contributed by atoms with Crippen molar-refractivity contribution < 1.29 is 0 Å². The first-order chi connectivity index (χ1) is 9.20. The van der Waals surface area contributed by atoms with E-state index in [2.05, 4.69) is 58.8 Å². The van der Waals surface area contributed by atoms with E-state index in [4.69, 9.17) is 0 Å². The second-order valence-electron chi connectivity index (χ2n) is 4.79. The second-order valence-corrected chi connectivity index (χ2v) is 5.77. The lowest BCUT2D eigenvalue weighted by Crippen LogP contribution is -2.21. The molecule has 0 bridgehead atoms. The zero-order valence-corrected chi connectivity index (χ0v) is 12.6. The smallest absolute Gasteiger partial charge is 0.0544 e. The Balaban J connectivity index is 1.96. The molecule has 0 aliphatic carbocycles. The fourth-order valence-corrected chi connectivity index (χ4v) is 2.84. The molecule has 2 heterocycles. The van der Waals surface area contributed by atoms with E-state index >= 15 is 0 Å². The molecular formula is C15H21N3S. The molecule has 3 nitrogen and oxygen atoms in total. The van der Waals surface area contributed by atoms with E-state index in [1.807, 2.05) is 24.6 Å². The molecule has 0 spiro atoms. The summed E-state index contributed by atoms with van der Waals surface area (Å²) in [6.07, 6.45) is 1.95. The highest BCUT2D eigenvalue weighted by Gasteiger charge is 2.13. The van der Waals surface area contributed by atoms with Crippen LogP contribution in [0.4, 0.5) is 0 Å². The first kappa shape index (κ1) is 14.2. The third-order valence-electron chi connectivity index (χ3n) is 3.29. The minimum absolute atomic E-state index is 0.429. The van der Waals surface area contributed by atoms with E-state index in [1.165, 1.54) is 10.4 Å². The lowest BCUT2D eigenvalue weighted by Gasteiger charge is -2.23. The van der Waals surface area contributed by atoms with E-state index in [9.17, 15) is 0 Å². The second kappa shape index (κ2) is 6.80. The Hall–Kier alpha value is -1.23.